The number of rotatable bonds is 11. The van der Waals surface area contributed by atoms with Crippen molar-refractivity contribution in [1.29, 1.82) is 0 Å². The van der Waals surface area contributed by atoms with Gasteiger partial charge in [-0.15, -0.1) is 0 Å². The number of hydrogen-bond donors (Lipinski definition) is 1. The van der Waals surface area contributed by atoms with Gasteiger partial charge in [0.15, 0.2) is 0 Å². The molecule has 2 aromatic carbocycles. The molecule has 0 fully saturated rings. The zero-order valence-corrected chi connectivity index (χ0v) is 18.2. The van der Waals surface area contributed by atoms with E-state index in [0.717, 1.165) is 18.4 Å². The van der Waals surface area contributed by atoms with Crippen LogP contribution in [0.5, 0.6) is 0 Å². The number of hydrogen-bond acceptors (Lipinski definition) is 5. The average molecular weight is 425 g/mol. The summed E-state index contributed by atoms with van der Waals surface area (Å²) in [6.45, 7) is 5.71. The zero-order valence-electron chi connectivity index (χ0n) is 16.5. The van der Waals surface area contributed by atoms with E-state index in [2.05, 4.69) is 11.6 Å². The molecule has 0 heterocycles. The molecule has 0 aliphatic rings. The van der Waals surface area contributed by atoms with Crippen molar-refractivity contribution in [2.24, 2.45) is 0 Å². The predicted octanol–water partition coefficient (Wildman–Crippen LogP) is 4.88. The Kier molecular flexibility index (Phi) is 8.40. The first kappa shape index (κ1) is 22.8. The smallest absolute Gasteiger partial charge is 0.308 e. The number of sulfonamides is 1. The van der Waals surface area contributed by atoms with Gasteiger partial charge in [0, 0.05) is 0 Å². The highest BCUT2D eigenvalue weighted by atomic mass is 32.2. The van der Waals surface area contributed by atoms with Crippen molar-refractivity contribution >= 4 is 17.6 Å². The van der Waals surface area contributed by atoms with Gasteiger partial charge < -0.3 is 9.05 Å². The summed E-state index contributed by atoms with van der Waals surface area (Å²) in [7, 11) is -7.72. The molecular formula is C20H28NO5PS. The lowest BCUT2D eigenvalue weighted by molar-refractivity contribution is 0.210. The molecule has 2 rings (SSSR count). The standard InChI is InChI=1S/C20H28NO5PS/c1-4-10-17-13-15-19(16-14-17)28(23,24)21-20(18-11-8-7-9-12-18)27(22,25-5-2)26-6-3/h7-9,11-16,20-21H,4-6,10H2,1-3H3. The van der Waals surface area contributed by atoms with Crippen LogP contribution in [0, 0.1) is 0 Å². The molecule has 1 unspecified atom stereocenters. The maximum Gasteiger partial charge on any atom is 0.352 e. The van der Waals surface area contributed by atoms with Gasteiger partial charge in [-0.3, -0.25) is 4.57 Å². The van der Waals surface area contributed by atoms with E-state index in [1.165, 1.54) is 0 Å². The normalized spacial score (nSPS) is 13.4. The van der Waals surface area contributed by atoms with Gasteiger partial charge in [-0.2, -0.15) is 4.72 Å². The van der Waals surface area contributed by atoms with Crippen molar-refractivity contribution < 1.29 is 22.0 Å². The van der Waals surface area contributed by atoms with Crippen LogP contribution < -0.4 is 4.72 Å². The molecule has 8 heteroatoms. The van der Waals surface area contributed by atoms with Crippen molar-refractivity contribution in [1.82, 2.24) is 4.72 Å². The summed E-state index contributed by atoms with van der Waals surface area (Å²) < 4.78 is 52.8. The minimum atomic E-state index is -3.94. The SMILES string of the molecule is CCCc1ccc(S(=O)(=O)NC(c2ccccc2)P(=O)(OCC)OCC)cc1. The highest BCUT2D eigenvalue weighted by Gasteiger charge is 2.40. The predicted molar refractivity (Wildman–Crippen MR) is 111 cm³/mol. The summed E-state index contributed by atoms with van der Waals surface area (Å²) in [6, 6.07) is 15.4. The van der Waals surface area contributed by atoms with Crippen molar-refractivity contribution in [3.8, 4) is 0 Å². The van der Waals surface area contributed by atoms with Gasteiger partial charge in [0.05, 0.1) is 18.1 Å². The van der Waals surface area contributed by atoms with Crippen molar-refractivity contribution in [2.75, 3.05) is 13.2 Å². The summed E-state index contributed by atoms with van der Waals surface area (Å²) in [4.78, 5) is 0.104. The second-order valence-corrected chi connectivity index (χ2v) is 10.0. The van der Waals surface area contributed by atoms with Crippen LogP contribution in [0.2, 0.25) is 0 Å². The molecule has 0 saturated heterocycles. The third-order valence-electron chi connectivity index (χ3n) is 4.09. The molecule has 0 aliphatic heterocycles. The van der Waals surface area contributed by atoms with Crippen LogP contribution >= 0.6 is 7.60 Å². The van der Waals surface area contributed by atoms with Gasteiger partial charge in [-0.1, -0.05) is 55.8 Å². The lowest BCUT2D eigenvalue weighted by Crippen LogP contribution is -2.30. The Hall–Kier alpha value is -1.50. The van der Waals surface area contributed by atoms with Crippen LogP contribution in [-0.2, 0) is 30.1 Å². The fourth-order valence-corrected chi connectivity index (χ4v) is 6.46. The van der Waals surface area contributed by atoms with Gasteiger partial charge in [0.1, 0.15) is 5.78 Å². The fraction of sp³-hybridized carbons (Fsp3) is 0.400. The van der Waals surface area contributed by atoms with E-state index in [1.54, 1.807) is 68.4 Å². The Balaban J connectivity index is 2.42. The highest BCUT2D eigenvalue weighted by Crippen LogP contribution is 2.59. The van der Waals surface area contributed by atoms with Crippen LogP contribution in [0.15, 0.2) is 59.5 Å². The van der Waals surface area contributed by atoms with Gasteiger partial charge in [-0.05, 0) is 43.5 Å². The Labute approximate surface area is 167 Å². The summed E-state index contributed by atoms with van der Waals surface area (Å²) in [6.07, 6.45) is 1.86. The largest absolute Gasteiger partial charge is 0.352 e. The van der Waals surface area contributed by atoms with E-state index in [4.69, 9.17) is 9.05 Å². The quantitative estimate of drug-likeness (QED) is 0.519. The third-order valence-corrected chi connectivity index (χ3v) is 8.00. The minimum Gasteiger partial charge on any atom is -0.308 e. The maximum absolute atomic E-state index is 13.4. The minimum absolute atomic E-state index is 0.104. The van der Waals surface area contributed by atoms with Crippen molar-refractivity contribution in [3.63, 3.8) is 0 Å². The van der Waals surface area contributed by atoms with E-state index in [0.29, 0.717) is 5.56 Å². The molecule has 28 heavy (non-hydrogen) atoms. The topological polar surface area (TPSA) is 81.7 Å². The molecule has 2 aromatic rings. The number of benzene rings is 2. The highest BCUT2D eigenvalue weighted by molar-refractivity contribution is 7.89. The molecule has 154 valence electrons. The average Bonchev–Trinajstić information content (AvgIpc) is 2.68. The molecular weight excluding hydrogens is 397 g/mol. The van der Waals surface area contributed by atoms with E-state index in [-0.39, 0.29) is 18.1 Å². The van der Waals surface area contributed by atoms with Crippen LogP contribution in [0.25, 0.3) is 0 Å². The molecule has 0 aromatic heterocycles. The third kappa shape index (κ3) is 5.75. The van der Waals surface area contributed by atoms with Crippen LogP contribution in [-0.4, -0.2) is 21.6 Å². The van der Waals surface area contributed by atoms with Crippen LogP contribution in [0.3, 0.4) is 0 Å². The van der Waals surface area contributed by atoms with E-state index < -0.39 is 23.4 Å². The molecule has 6 nitrogen and oxygen atoms in total. The van der Waals surface area contributed by atoms with E-state index >= 15 is 0 Å². The molecule has 0 aliphatic carbocycles. The zero-order chi connectivity index (χ0) is 20.6. The Morgan fingerprint density at radius 1 is 0.929 bits per heavy atom. The summed E-state index contributed by atoms with van der Waals surface area (Å²) in [5, 5.41) is 0. The maximum atomic E-state index is 13.4. The van der Waals surface area contributed by atoms with E-state index in [1.807, 2.05) is 0 Å². The number of aryl methyl sites for hydroxylation is 1. The van der Waals surface area contributed by atoms with Crippen molar-refractivity contribution in [2.45, 2.75) is 44.3 Å². The summed E-state index contributed by atoms with van der Waals surface area (Å²) in [5.74, 6) is -1.14. The number of nitrogens with one attached hydrogen (secondary N) is 1. The van der Waals surface area contributed by atoms with E-state index in [9.17, 15) is 13.0 Å². The Morgan fingerprint density at radius 2 is 1.50 bits per heavy atom. The fourth-order valence-electron chi connectivity index (χ4n) is 2.84. The van der Waals surface area contributed by atoms with Crippen LogP contribution in [0.1, 0.15) is 44.1 Å². The monoisotopic (exact) mass is 425 g/mol. The van der Waals surface area contributed by atoms with Gasteiger partial charge in [0.2, 0.25) is 10.0 Å². The first-order valence-electron chi connectivity index (χ1n) is 9.41. The molecule has 1 atom stereocenters. The lowest BCUT2D eigenvalue weighted by atomic mass is 10.1. The molecule has 0 saturated carbocycles. The second kappa shape index (κ2) is 10.3. The molecule has 0 radical (unpaired) electrons. The summed E-state index contributed by atoms with van der Waals surface area (Å²) in [5.41, 5.74) is 1.58. The Bertz CT molecular complexity index is 875. The summed E-state index contributed by atoms with van der Waals surface area (Å²) >= 11 is 0. The van der Waals surface area contributed by atoms with Gasteiger partial charge in [-0.25, -0.2) is 8.42 Å². The van der Waals surface area contributed by atoms with Gasteiger partial charge >= 0.3 is 7.60 Å². The van der Waals surface area contributed by atoms with Crippen molar-refractivity contribution in [3.05, 3.63) is 65.7 Å². The van der Waals surface area contributed by atoms with Crippen LogP contribution in [0.4, 0.5) is 0 Å². The molecule has 0 amide bonds. The van der Waals surface area contributed by atoms with Gasteiger partial charge in [0.25, 0.3) is 0 Å². The second-order valence-electron chi connectivity index (χ2n) is 6.20. The molecule has 0 bridgehead atoms. The molecule has 1 N–H and O–H groups in total. The first-order chi connectivity index (χ1) is 13.4. The molecule has 0 spiro atoms. The lowest BCUT2D eigenvalue weighted by Gasteiger charge is -2.27. The first-order valence-corrected chi connectivity index (χ1v) is 12.5. The Morgan fingerprint density at radius 3 is 2.00 bits per heavy atom.